The molecule has 2 aromatic rings. The van der Waals surface area contributed by atoms with Crippen LogP contribution in [-0.4, -0.2) is 54.6 Å². The van der Waals surface area contributed by atoms with E-state index in [1.54, 1.807) is 11.2 Å². The van der Waals surface area contributed by atoms with Crippen LogP contribution < -0.4 is 4.90 Å². The molecule has 3 heterocycles. The second-order valence-electron chi connectivity index (χ2n) is 8.53. The van der Waals surface area contributed by atoms with Crippen molar-refractivity contribution >= 4 is 37.4 Å². The number of sulfonamides is 1. The molecule has 1 saturated heterocycles. The minimum absolute atomic E-state index is 0.166. The van der Waals surface area contributed by atoms with E-state index in [4.69, 9.17) is 9.97 Å². The Morgan fingerprint density at radius 2 is 1.90 bits per heavy atom. The second kappa shape index (κ2) is 8.12. The van der Waals surface area contributed by atoms with Crippen molar-refractivity contribution in [1.29, 1.82) is 0 Å². The van der Waals surface area contributed by atoms with Crippen LogP contribution >= 0.6 is 11.3 Å². The fourth-order valence-electron chi connectivity index (χ4n) is 4.33. The molecular weight excluding hydrogens is 404 g/mol. The second-order valence-corrected chi connectivity index (χ2v) is 11.9. The van der Waals surface area contributed by atoms with Crippen molar-refractivity contribution in [1.82, 2.24) is 14.3 Å². The molecule has 6 nitrogen and oxygen atoms in total. The molecule has 2 atom stereocenters. The van der Waals surface area contributed by atoms with Crippen LogP contribution in [0.5, 0.6) is 0 Å². The molecule has 1 fully saturated rings. The number of fused-ring (bicyclic) bond motifs is 3. The number of nitrogens with zero attached hydrogens (tertiary/aromatic N) is 4. The number of thiophene rings is 1. The van der Waals surface area contributed by atoms with Crippen LogP contribution in [0.1, 0.15) is 62.7 Å². The topological polar surface area (TPSA) is 66.4 Å². The average molecular weight is 437 g/mol. The van der Waals surface area contributed by atoms with Gasteiger partial charge in [0.2, 0.25) is 10.0 Å². The fraction of sp³-hybridized carbons (Fsp3) is 0.714. The molecule has 0 spiro atoms. The fourth-order valence-corrected chi connectivity index (χ4v) is 6.80. The third kappa shape index (κ3) is 3.91. The number of hydrogen-bond acceptors (Lipinski definition) is 6. The summed E-state index contributed by atoms with van der Waals surface area (Å²) in [6, 6.07) is 0. The van der Waals surface area contributed by atoms with Gasteiger partial charge in [0.15, 0.2) is 0 Å². The summed E-state index contributed by atoms with van der Waals surface area (Å²) >= 11 is 1.85. The number of aryl methyl sites for hydroxylation is 1. The zero-order valence-corrected chi connectivity index (χ0v) is 19.6. The van der Waals surface area contributed by atoms with Gasteiger partial charge in [0.05, 0.1) is 11.1 Å². The van der Waals surface area contributed by atoms with E-state index in [0.717, 1.165) is 41.7 Å². The summed E-state index contributed by atoms with van der Waals surface area (Å²) in [7, 11) is -3.13. The maximum absolute atomic E-state index is 12.3. The molecule has 4 rings (SSSR count). The van der Waals surface area contributed by atoms with Gasteiger partial charge in [0, 0.05) is 37.0 Å². The van der Waals surface area contributed by atoms with Crippen LogP contribution in [0.25, 0.3) is 10.2 Å². The van der Waals surface area contributed by atoms with E-state index in [1.807, 2.05) is 11.3 Å². The Bertz CT molecular complexity index is 994. The Morgan fingerprint density at radius 1 is 1.17 bits per heavy atom. The third-order valence-electron chi connectivity index (χ3n) is 6.50. The van der Waals surface area contributed by atoms with E-state index in [-0.39, 0.29) is 5.75 Å². The molecule has 0 N–H and O–H groups in total. The SMILES string of the molecule is CCC(C)c1nc(N2CCN(S(=O)(=O)CC)CC2)c2c3c(sc2n1)CC(C)CC3. The predicted molar refractivity (Wildman–Crippen MR) is 121 cm³/mol. The molecule has 0 bridgehead atoms. The van der Waals surface area contributed by atoms with Gasteiger partial charge in [-0.3, -0.25) is 0 Å². The first-order chi connectivity index (χ1) is 13.8. The van der Waals surface area contributed by atoms with Crippen LogP contribution in [0.3, 0.4) is 0 Å². The van der Waals surface area contributed by atoms with Crippen molar-refractivity contribution in [3.8, 4) is 0 Å². The Kier molecular flexibility index (Phi) is 5.88. The number of aromatic nitrogens is 2. The summed E-state index contributed by atoms with van der Waals surface area (Å²) in [6.07, 6.45) is 4.46. The first-order valence-corrected chi connectivity index (χ1v) is 13.3. The lowest BCUT2D eigenvalue weighted by Gasteiger charge is -2.35. The molecular formula is C21H32N4O2S2. The summed E-state index contributed by atoms with van der Waals surface area (Å²) in [4.78, 5) is 14.9. The van der Waals surface area contributed by atoms with E-state index in [9.17, 15) is 8.42 Å². The van der Waals surface area contributed by atoms with Crippen LogP contribution in [0, 0.1) is 5.92 Å². The van der Waals surface area contributed by atoms with E-state index >= 15 is 0 Å². The van der Waals surface area contributed by atoms with E-state index in [2.05, 4.69) is 25.7 Å². The highest BCUT2D eigenvalue weighted by Gasteiger charge is 2.30. The van der Waals surface area contributed by atoms with Crippen LogP contribution in [0.2, 0.25) is 0 Å². The first kappa shape index (κ1) is 21.0. The summed E-state index contributed by atoms with van der Waals surface area (Å²) < 4.78 is 26.1. The summed E-state index contributed by atoms with van der Waals surface area (Å²) in [5.41, 5.74) is 1.44. The zero-order valence-electron chi connectivity index (χ0n) is 17.9. The smallest absolute Gasteiger partial charge is 0.213 e. The van der Waals surface area contributed by atoms with Crippen LogP contribution in [0.4, 0.5) is 5.82 Å². The number of anilines is 1. The monoisotopic (exact) mass is 436 g/mol. The van der Waals surface area contributed by atoms with Gasteiger partial charge in [-0.25, -0.2) is 18.4 Å². The van der Waals surface area contributed by atoms with Gasteiger partial charge in [-0.1, -0.05) is 20.8 Å². The number of rotatable bonds is 5. The molecule has 0 aromatic carbocycles. The van der Waals surface area contributed by atoms with Gasteiger partial charge in [-0.15, -0.1) is 11.3 Å². The Morgan fingerprint density at radius 3 is 2.55 bits per heavy atom. The number of hydrogen-bond donors (Lipinski definition) is 0. The maximum atomic E-state index is 12.3. The molecule has 0 saturated carbocycles. The standard InChI is InChI=1S/C21H32N4O2S2/c1-5-15(4)19-22-20(24-9-11-25(12-10-24)29(26,27)6-2)18-16-8-7-14(3)13-17(16)28-21(18)23-19/h14-15H,5-13H2,1-4H3. The third-order valence-corrected chi connectivity index (χ3v) is 9.53. The Labute approximate surface area is 178 Å². The summed E-state index contributed by atoms with van der Waals surface area (Å²) in [5, 5.41) is 1.23. The molecule has 0 radical (unpaired) electrons. The van der Waals surface area contributed by atoms with Gasteiger partial charge in [-0.05, 0) is 44.1 Å². The van der Waals surface area contributed by atoms with Crippen LogP contribution in [-0.2, 0) is 22.9 Å². The molecule has 8 heteroatoms. The van der Waals surface area contributed by atoms with Gasteiger partial charge in [0.1, 0.15) is 16.5 Å². The maximum Gasteiger partial charge on any atom is 0.213 e. The lowest BCUT2D eigenvalue weighted by atomic mass is 9.89. The molecule has 160 valence electrons. The molecule has 0 amide bonds. The van der Waals surface area contributed by atoms with Crippen molar-refractivity contribution in [2.45, 2.75) is 59.3 Å². The summed E-state index contributed by atoms with van der Waals surface area (Å²) in [5.74, 6) is 3.16. The quantitative estimate of drug-likeness (QED) is 0.713. The normalized spacial score (nSPS) is 22.1. The highest BCUT2D eigenvalue weighted by Crippen LogP contribution is 2.41. The summed E-state index contributed by atoms with van der Waals surface area (Å²) in [6.45, 7) is 10.8. The molecule has 1 aliphatic carbocycles. The molecule has 29 heavy (non-hydrogen) atoms. The number of piperazine rings is 1. The lowest BCUT2D eigenvalue weighted by molar-refractivity contribution is 0.384. The van der Waals surface area contributed by atoms with E-state index in [0.29, 0.717) is 32.1 Å². The first-order valence-electron chi connectivity index (χ1n) is 10.9. The van der Waals surface area contributed by atoms with Gasteiger partial charge >= 0.3 is 0 Å². The van der Waals surface area contributed by atoms with Crippen molar-refractivity contribution in [2.75, 3.05) is 36.8 Å². The lowest BCUT2D eigenvalue weighted by Crippen LogP contribution is -2.49. The zero-order chi connectivity index (χ0) is 20.8. The molecule has 2 aromatic heterocycles. The van der Waals surface area contributed by atoms with Gasteiger partial charge in [-0.2, -0.15) is 4.31 Å². The molecule has 2 aliphatic rings. The predicted octanol–water partition coefficient (Wildman–Crippen LogP) is 3.80. The average Bonchev–Trinajstić information content (AvgIpc) is 3.09. The Balaban J connectivity index is 1.74. The van der Waals surface area contributed by atoms with Gasteiger partial charge in [0.25, 0.3) is 0 Å². The molecule has 1 aliphatic heterocycles. The van der Waals surface area contributed by atoms with E-state index in [1.165, 1.54) is 22.2 Å². The van der Waals surface area contributed by atoms with Gasteiger partial charge < -0.3 is 4.90 Å². The van der Waals surface area contributed by atoms with E-state index < -0.39 is 10.0 Å². The largest absolute Gasteiger partial charge is 0.353 e. The molecule has 2 unspecified atom stereocenters. The van der Waals surface area contributed by atoms with Crippen molar-refractivity contribution in [3.05, 3.63) is 16.3 Å². The van der Waals surface area contributed by atoms with Crippen molar-refractivity contribution < 1.29 is 8.42 Å². The minimum Gasteiger partial charge on any atom is -0.353 e. The van der Waals surface area contributed by atoms with Crippen LogP contribution in [0.15, 0.2) is 0 Å². The minimum atomic E-state index is -3.13. The highest BCUT2D eigenvalue weighted by molar-refractivity contribution is 7.89. The van der Waals surface area contributed by atoms with Crippen molar-refractivity contribution in [3.63, 3.8) is 0 Å². The Hall–Kier alpha value is -1.25. The highest BCUT2D eigenvalue weighted by atomic mass is 32.2. The van der Waals surface area contributed by atoms with Crippen molar-refractivity contribution in [2.24, 2.45) is 5.92 Å².